The molecule has 1 amide bonds. The maximum absolute atomic E-state index is 12.2. The van der Waals surface area contributed by atoms with Crippen LogP contribution in [0.25, 0.3) is 0 Å². The number of rotatable bonds is 3. The highest BCUT2D eigenvalue weighted by atomic mass is 35.5. The molecule has 0 spiro atoms. The number of primary sulfonamides is 1. The molecule has 8 heteroatoms. The van der Waals surface area contributed by atoms with Gasteiger partial charge in [0.05, 0.1) is 21.3 Å². The summed E-state index contributed by atoms with van der Waals surface area (Å²) in [5.41, 5.74) is 0.117. The van der Waals surface area contributed by atoms with Gasteiger partial charge in [-0.15, -0.1) is 0 Å². The number of carbonyl (C=O) groups excluding carboxylic acids is 1. The standard InChI is InChI=1S/C13H10Cl2N2O3S/c14-8-4-3-5-9(15)12(8)13(18)17-10-6-1-2-7-11(10)21(16,19)20/h1-7H,(H,17,18)(H2,16,19,20). The average molecular weight is 345 g/mol. The normalized spacial score (nSPS) is 11.2. The van der Waals surface area contributed by atoms with Crippen LogP contribution in [-0.2, 0) is 10.0 Å². The Bertz CT molecular complexity index is 787. The van der Waals surface area contributed by atoms with Gasteiger partial charge in [-0.05, 0) is 24.3 Å². The molecule has 0 aromatic heterocycles. The van der Waals surface area contributed by atoms with Gasteiger partial charge in [0, 0.05) is 0 Å². The molecular formula is C13H10Cl2N2O3S. The second kappa shape index (κ2) is 6.03. The van der Waals surface area contributed by atoms with Crippen LogP contribution >= 0.6 is 23.2 Å². The third-order valence-corrected chi connectivity index (χ3v) is 4.23. The first-order valence-corrected chi connectivity index (χ1v) is 7.98. The molecule has 0 bridgehead atoms. The molecule has 21 heavy (non-hydrogen) atoms. The highest BCUT2D eigenvalue weighted by Gasteiger charge is 2.19. The molecule has 0 aliphatic rings. The summed E-state index contributed by atoms with van der Waals surface area (Å²) in [4.78, 5) is 12.0. The molecule has 0 heterocycles. The number of amides is 1. The highest BCUT2D eigenvalue weighted by Crippen LogP contribution is 2.26. The van der Waals surface area contributed by atoms with E-state index in [4.69, 9.17) is 28.3 Å². The summed E-state index contributed by atoms with van der Waals surface area (Å²) in [6.07, 6.45) is 0. The number of nitrogens with two attached hydrogens (primary N) is 1. The lowest BCUT2D eigenvalue weighted by atomic mass is 10.2. The van der Waals surface area contributed by atoms with Crippen molar-refractivity contribution in [3.8, 4) is 0 Å². The van der Waals surface area contributed by atoms with Gasteiger partial charge in [0.25, 0.3) is 5.91 Å². The molecular weight excluding hydrogens is 335 g/mol. The highest BCUT2D eigenvalue weighted by molar-refractivity contribution is 7.89. The van der Waals surface area contributed by atoms with Gasteiger partial charge in [-0.25, -0.2) is 13.6 Å². The van der Waals surface area contributed by atoms with Crippen LogP contribution in [0.4, 0.5) is 5.69 Å². The van der Waals surface area contributed by atoms with Crippen molar-refractivity contribution in [3.05, 3.63) is 58.1 Å². The van der Waals surface area contributed by atoms with E-state index in [2.05, 4.69) is 5.32 Å². The predicted octanol–water partition coefficient (Wildman–Crippen LogP) is 2.89. The Hall–Kier alpha value is -1.60. The van der Waals surface area contributed by atoms with E-state index >= 15 is 0 Å². The molecule has 0 aliphatic heterocycles. The van der Waals surface area contributed by atoms with Gasteiger partial charge in [0.1, 0.15) is 4.90 Å². The quantitative estimate of drug-likeness (QED) is 0.896. The largest absolute Gasteiger partial charge is 0.321 e. The second-order valence-electron chi connectivity index (χ2n) is 4.09. The molecule has 3 N–H and O–H groups in total. The van der Waals surface area contributed by atoms with Crippen molar-refractivity contribution in [2.75, 3.05) is 5.32 Å². The minimum absolute atomic E-state index is 0.0565. The number of nitrogens with one attached hydrogen (secondary N) is 1. The molecule has 0 saturated carbocycles. The zero-order valence-corrected chi connectivity index (χ0v) is 12.8. The van der Waals surface area contributed by atoms with E-state index < -0.39 is 15.9 Å². The number of halogens is 2. The number of carbonyl (C=O) groups is 1. The molecule has 0 fully saturated rings. The summed E-state index contributed by atoms with van der Waals surface area (Å²) in [6, 6.07) is 10.4. The molecule has 2 aromatic rings. The van der Waals surface area contributed by atoms with E-state index in [0.29, 0.717) is 0 Å². The third kappa shape index (κ3) is 3.54. The Morgan fingerprint density at radius 1 is 1.00 bits per heavy atom. The van der Waals surface area contributed by atoms with Gasteiger partial charge >= 0.3 is 0 Å². The fourth-order valence-corrected chi connectivity index (χ4v) is 2.98. The Morgan fingerprint density at radius 3 is 2.14 bits per heavy atom. The van der Waals surface area contributed by atoms with Crippen LogP contribution in [0.2, 0.25) is 10.0 Å². The summed E-state index contributed by atoms with van der Waals surface area (Å²) < 4.78 is 23.0. The van der Waals surface area contributed by atoms with Crippen molar-refractivity contribution in [3.63, 3.8) is 0 Å². The van der Waals surface area contributed by atoms with Crippen molar-refractivity contribution < 1.29 is 13.2 Å². The minimum Gasteiger partial charge on any atom is -0.321 e. The van der Waals surface area contributed by atoms with Gasteiger partial charge in [0.15, 0.2) is 0 Å². The van der Waals surface area contributed by atoms with Gasteiger partial charge in [-0.3, -0.25) is 4.79 Å². The van der Waals surface area contributed by atoms with Gasteiger partial charge in [0.2, 0.25) is 10.0 Å². The smallest absolute Gasteiger partial charge is 0.258 e. The average Bonchev–Trinajstić information content (AvgIpc) is 2.37. The van der Waals surface area contributed by atoms with Crippen LogP contribution in [0, 0.1) is 0 Å². The van der Waals surface area contributed by atoms with E-state index in [0.717, 1.165) is 0 Å². The molecule has 0 aliphatic carbocycles. The zero-order valence-electron chi connectivity index (χ0n) is 10.5. The van der Waals surface area contributed by atoms with Gasteiger partial charge in [-0.1, -0.05) is 41.4 Å². The number of sulfonamides is 1. The van der Waals surface area contributed by atoms with Crippen LogP contribution in [0.1, 0.15) is 10.4 Å². The Balaban J connectivity index is 2.42. The Morgan fingerprint density at radius 2 is 1.57 bits per heavy atom. The van der Waals surface area contributed by atoms with Crippen molar-refractivity contribution in [1.82, 2.24) is 0 Å². The fourth-order valence-electron chi connectivity index (χ4n) is 1.72. The maximum atomic E-state index is 12.2. The molecule has 2 aromatic carbocycles. The summed E-state index contributed by atoms with van der Waals surface area (Å²) in [7, 11) is -3.96. The molecule has 0 saturated heterocycles. The zero-order chi connectivity index (χ0) is 15.6. The number of benzene rings is 2. The van der Waals surface area contributed by atoms with Crippen molar-refractivity contribution in [1.29, 1.82) is 0 Å². The summed E-state index contributed by atoms with van der Waals surface area (Å²) >= 11 is 11.9. The number of hydrogen-bond acceptors (Lipinski definition) is 3. The third-order valence-electron chi connectivity index (χ3n) is 2.63. The molecule has 0 atom stereocenters. The lowest BCUT2D eigenvalue weighted by molar-refractivity contribution is 0.102. The molecule has 110 valence electrons. The van der Waals surface area contributed by atoms with E-state index in [1.54, 1.807) is 12.1 Å². The first kappa shape index (κ1) is 15.8. The maximum Gasteiger partial charge on any atom is 0.258 e. The lowest BCUT2D eigenvalue weighted by Crippen LogP contribution is -2.18. The van der Waals surface area contributed by atoms with E-state index in [9.17, 15) is 13.2 Å². The molecule has 2 rings (SSSR count). The molecule has 0 radical (unpaired) electrons. The van der Waals surface area contributed by atoms with Crippen LogP contribution in [0.5, 0.6) is 0 Å². The molecule has 0 unspecified atom stereocenters. The monoisotopic (exact) mass is 344 g/mol. The SMILES string of the molecule is NS(=O)(=O)c1ccccc1NC(=O)c1c(Cl)cccc1Cl. The Labute approximate surface area is 131 Å². The first-order valence-electron chi connectivity index (χ1n) is 5.68. The second-order valence-corrected chi connectivity index (χ2v) is 6.44. The first-order chi connectivity index (χ1) is 9.80. The number of hydrogen-bond donors (Lipinski definition) is 2. The van der Waals surface area contributed by atoms with Crippen molar-refractivity contribution >= 4 is 44.8 Å². The van der Waals surface area contributed by atoms with Crippen LogP contribution in [-0.4, -0.2) is 14.3 Å². The Kier molecular flexibility index (Phi) is 4.53. The van der Waals surface area contributed by atoms with Crippen molar-refractivity contribution in [2.45, 2.75) is 4.90 Å². The van der Waals surface area contributed by atoms with Crippen molar-refractivity contribution in [2.24, 2.45) is 5.14 Å². The summed E-state index contributed by atoms with van der Waals surface area (Å²) in [5, 5.41) is 7.87. The van der Waals surface area contributed by atoms with Crippen LogP contribution in [0.3, 0.4) is 0 Å². The summed E-state index contributed by atoms with van der Waals surface area (Å²) in [6.45, 7) is 0. The molecule has 5 nitrogen and oxygen atoms in total. The van der Waals surface area contributed by atoms with Gasteiger partial charge < -0.3 is 5.32 Å². The number of para-hydroxylation sites is 1. The van der Waals surface area contributed by atoms with E-state index in [1.807, 2.05) is 0 Å². The van der Waals surface area contributed by atoms with E-state index in [-0.39, 0.29) is 26.2 Å². The van der Waals surface area contributed by atoms with Crippen LogP contribution < -0.4 is 10.5 Å². The van der Waals surface area contributed by atoms with E-state index in [1.165, 1.54) is 30.3 Å². The summed E-state index contributed by atoms with van der Waals surface area (Å²) in [5.74, 6) is -0.623. The minimum atomic E-state index is -3.96. The predicted molar refractivity (Wildman–Crippen MR) is 82.2 cm³/mol. The fraction of sp³-hybridized carbons (Fsp3) is 0. The van der Waals surface area contributed by atoms with Crippen LogP contribution in [0.15, 0.2) is 47.4 Å². The number of anilines is 1. The topological polar surface area (TPSA) is 89.3 Å². The lowest BCUT2D eigenvalue weighted by Gasteiger charge is -2.11. The van der Waals surface area contributed by atoms with Gasteiger partial charge in [-0.2, -0.15) is 0 Å².